The SMILES string of the molecule is Cc1cccc(N(C)C(=O)CC(C)c2ccccc2)c1C. The maximum atomic E-state index is 12.5. The second-order valence-electron chi connectivity index (χ2n) is 5.69. The first-order valence-electron chi connectivity index (χ1n) is 7.38. The number of benzene rings is 2. The van der Waals surface area contributed by atoms with Crippen LogP contribution in [0.4, 0.5) is 5.69 Å². The van der Waals surface area contributed by atoms with Crippen molar-refractivity contribution in [2.45, 2.75) is 33.1 Å². The van der Waals surface area contributed by atoms with Crippen molar-refractivity contribution in [2.75, 3.05) is 11.9 Å². The van der Waals surface area contributed by atoms with Gasteiger partial charge < -0.3 is 4.90 Å². The molecule has 0 fully saturated rings. The predicted octanol–water partition coefficient (Wildman–Crippen LogP) is 4.46. The Balaban J connectivity index is 2.11. The van der Waals surface area contributed by atoms with E-state index in [9.17, 15) is 4.79 Å². The molecule has 2 aromatic rings. The minimum atomic E-state index is 0.153. The molecule has 2 nitrogen and oxygen atoms in total. The molecule has 1 unspecified atom stereocenters. The molecule has 0 aliphatic heterocycles. The lowest BCUT2D eigenvalue weighted by Gasteiger charge is -2.22. The zero-order valence-corrected chi connectivity index (χ0v) is 13.3. The second kappa shape index (κ2) is 6.57. The van der Waals surface area contributed by atoms with Gasteiger partial charge >= 0.3 is 0 Å². The summed E-state index contributed by atoms with van der Waals surface area (Å²) in [4.78, 5) is 14.3. The Hall–Kier alpha value is -2.09. The molecule has 0 radical (unpaired) electrons. The van der Waals surface area contributed by atoms with Gasteiger partial charge in [0.25, 0.3) is 0 Å². The van der Waals surface area contributed by atoms with Gasteiger partial charge in [0.1, 0.15) is 0 Å². The van der Waals surface area contributed by atoms with Gasteiger partial charge in [0.15, 0.2) is 0 Å². The highest BCUT2D eigenvalue weighted by atomic mass is 16.2. The van der Waals surface area contributed by atoms with Gasteiger partial charge in [-0.2, -0.15) is 0 Å². The highest BCUT2D eigenvalue weighted by Crippen LogP contribution is 2.25. The van der Waals surface area contributed by atoms with Crippen LogP contribution in [0, 0.1) is 13.8 Å². The number of hydrogen-bond acceptors (Lipinski definition) is 1. The third-order valence-electron chi connectivity index (χ3n) is 4.16. The number of hydrogen-bond donors (Lipinski definition) is 0. The minimum absolute atomic E-state index is 0.153. The highest BCUT2D eigenvalue weighted by molar-refractivity contribution is 5.94. The lowest BCUT2D eigenvalue weighted by Crippen LogP contribution is -2.28. The number of amides is 1. The zero-order chi connectivity index (χ0) is 15.4. The Morgan fingerprint density at radius 3 is 2.38 bits per heavy atom. The first-order chi connectivity index (χ1) is 10.0. The van der Waals surface area contributed by atoms with Crippen LogP contribution in [0.2, 0.25) is 0 Å². The quantitative estimate of drug-likeness (QED) is 0.810. The van der Waals surface area contributed by atoms with Crippen molar-refractivity contribution in [1.29, 1.82) is 0 Å². The number of aryl methyl sites for hydroxylation is 1. The van der Waals surface area contributed by atoms with E-state index in [1.165, 1.54) is 16.7 Å². The molecule has 0 saturated carbocycles. The molecule has 0 bridgehead atoms. The standard InChI is InChI=1S/C19H23NO/c1-14-9-8-12-18(16(14)3)20(4)19(21)13-15(2)17-10-6-5-7-11-17/h5-12,15H,13H2,1-4H3. The minimum Gasteiger partial charge on any atom is -0.315 e. The summed E-state index contributed by atoms with van der Waals surface area (Å²) in [7, 11) is 1.86. The van der Waals surface area contributed by atoms with Gasteiger partial charge in [-0.05, 0) is 42.5 Å². The Kier molecular flexibility index (Phi) is 4.79. The van der Waals surface area contributed by atoms with E-state index in [2.05, 4.69) is 39.0 Å². The zero-order valence-electron chi connectivity index (χ0n) is 13.3. The van der Waals surface area contributed by atoms with Gasteiger partial charge in [-0.25, -0.2) is 0 Å². The number of rotatable bonds is 4. The molecule has 2 aromatic carbocycles. The highest BCUT2D eigenvalue weighted by Gasteiger charge is 2.17. The molecule has 1 amide bonds. The monoisotopic (exact) mass is 281 g/mol. The lowest BCUT2D eigenvalue weighted by atomic mass is 9.97. The van der Waals surface area contributed by atoms with Crippen LogP contribution in [-0.2, 0) is 4.79 Å². The topological polar surface area (TPSA) is 20.3 Å². The fourth-order valence-corrected chi connectivity index (χ4v) is 2.53. The second-order valence-corrected chi connectivity index (χ2v) is 5.69. The van der Waals surface area contributed by atoms with E-state index in [4.69, 9.17) is 0 Å². The maximum absolute atomic E-state index is 12.5. The molecule has 0 aromatic heterocycles. The summed E-state index contributed by atoms with van der Waals surface area (Å²) >= 11 is 0. The average molecular weight is 281 g/mol. The van der Waals surface area contributed by atoms with Gasteiger partial charge in [0.05, 0.1) is 0 Å². The van der Waals surface area contributed by atoms with Crippen molar-refractivity contribution >= 4 is 11.6 Å². The van der Waals surface area contributed by atoms with Crippen molar-refractivity contribution in [1.82, 2.24) is 0 Å². The third-order valence-corrected chi connectivity index (χ3v) is 4.16. The molecule has 0 spiro atoms. The molecule has 0 aliphatic carbocycles. The summed E-state index contributed by atoms with van der Waals surface area (Å²) in [6.07, 6.45) is 0.522. The molecule has 0 N–H and O–H groups in total. The van der Waals surface area contributed by atoms with Crippen molar-refractivity contribution in [2.24, 2.45) is 0 Å². The third kappa shape index (κ3) is 3.52. The van der Waals surface area contributed by atoms with Crippen LogP contribution in [0.15, 0.2) is 48.5 Å². The van der Waals surface area contributed by atoms with Crippen LogP contribution in [0.25, 0.3) is 0 Å². The molecule has 1 atom stereocenters. The van der Waals surface area contributed by atoms with Gasteiger partial charge in [0.2, 0.25) is 5.91 Å². The van der Waals surface area contributed by atoms with Gasteiger partial charge in [-0.15, -0.1) is 0 Å². The smallest absolute Gasteiger partial charge is 0.227 e. The van der Waals surface area contributed by atoms with Crippen LogP contribution >= 0.6 is 0 Å². The Morgan fingerprint density at radius 1 is 1.05 bits per heavy atom. The van der Waals surface area contributed by atoms with Crippen LogP contribution in [-0.4, -0.2) is 13.0 Å². The summed E-state index contributed by atoms with van der Waals surface area (Å²) in [6, 6.07) is 16.3. The molecule has 0 aliphatic rings. The van der Waals surface area contributed by atoms with Crippen molar-refractivity contribution < 1.29 is 4.79 Å². The predicted molar refractivity (Wildman–Crippen MR) is 88.8 cm³/mol. The summed E-state index contributed by atoms with van der Waals surface area (Å²) in [5.74, 6) is 0.381. The molecule has 21 heavy (non-hydrogen) atoms. The Labute approximate surface area is 127 Å². The summed E-state index contributed by atoms with van der Waals surface area (Å²) < 4.78 is 0. The van der Waals surface area contributed by atoms with E-state index < -0.39 is 0 Å². The molecule has 0 heterocycles. The summed E-state index contributed by atoms with van der Waals surface area (Å²) in [5.41, 5.74) is 4.59. The maximum Gasteiger partial charge on any atom is 0.227 e. The van der Waals surface area contributed by atoms with E-state index in [0.29, 0.717) is 6.42 Å². The molecular formula is C19H23NO. The largest absolute Gasteiger partial charge is 0.315 e. The number of carbonyl (C=O) groups excluding carboxylic acids is 1. The fourth-order valence-electron chi connectivity index (χ4n) is 2.53. The van der Waals surface area contributed by atoms with Crippen LogP contribution < -0.4 is 4.90 Å². The van der Waals surface area contributed by atoms with Gasteiger partial charge in [-0.1, -0.05) is 49.4 Å². The number of carbonyl (C=O) groups is 1. The van der Waals surface area contributed by atoms with E-state index in [0.717, 1.165) is 5.69 Å². The Morgan fingerprint density at radius 2 is 1.71 bits per heavy atom. The summed E-state index contributed by atoms with van der Waals surface area (Å²) in [6.45, 7) is 6.24. The molecular weight excluding hydrogens is 258 g/mol. The van der Waals surface area contributed by atoms with Crippen molar-refractivity contribution in [3.05, 3.63) is 65.2 Å². The van der Waals surface area contributed by atoms with E-state index in [-0.39, 0.29) is 11.8 Å². The molecule has 2 rings (SSSR count). The van der Waals surface area contributed by atoms with Gasteiger partial charge in [0, 0.05) is 19.2 Å². The number of anilines is 1. The van der Waals surface area contributed by atoms with Gasteiger partial charge in [-0.3, -0.25) is 4.79 Å². The van der Waals surface area contributed by atoms with Crippen molar-refractivity contribution in [3.8, 4) is 0 Å². The van der Waals surface area contributed by atoms with Crippen LogP contribution in [0.5, 0.6) is 0 Å². The average Bonchev–Trinajstić information content (AvgIpc) is 2.50. The first kappa shape index (κ1) is 15.3. The normalized spacial score (nSPS) is 12.0. The first-order valence-corrected chi connectivity index (χ1v) is 7.38. The fraction of sp³-hybridized carbons (Fsp3) is 0.316. The number of nitrogens with zero attached hydrogens (tertiary/aromatic N) is 1. The van der Waals surface area contributed by atoms with Crippen LogP contribution in [0.3, 0.4) is 0 Å². The van der Waals surface area contributed by atoms with E-state index >= 15 is 0 Å². The van der Waals surface area contributed by atoms with E-state index in [1.54, 1.807) is 4.90 Å². The Bertz CT molecular complexity index is 619. The molecule has 110 valence electrons. The van der Waals surface area contributed by atoms with Crippen LogP contribution in [0.1, 0.15) is 36.0 Å². The molecule has 0 saturated heterocycles. The van der Waals surface area contributed by atoms with Crippen molar-refractivity contribution in [3.63, 3.8) is 0 Å². The van der Waals surface area contributed by atoms with E-state index in [1.807, 2.05) is 37.4 Å². The molecule has 2 heteroatoms. The lowest BCUT2D eigenvalue weighted by molar-refractivity contribution is -0.118. The summed E-state index contributed by atoms with van der Waals surface area (Å²) in [5, 5.41) is 0.